The number of allylic oxidation sites excluding steroid dienone is 2. The Kier molecular flexibility index (Phi) is 3.46. The van der Waals surface area contributed by atoms with Crippen molar-refractivity contribution in [3.05, 3.63) is 72.5 Å². The first kappa shape index (κ1) is 13.4. The molecule has 1 aliphatic carbocycles. The lowest BCUT2D eigenvalue weighted by Crippen LogP contribution is -2.46. The Balaban J connectivity index is 1.74. The lowest BCUT2D eigenvalue weighted by atomic mass is 9.93. The number of pyridine rings is 1. The molecule has 2 aromatic rings. The van der Waals surface area contributed by atoms with Crippen LogP contribution in [0.15, 0.2) is 66.9 Å². The minimum absolute atomic E-state index is 0.605. The maximum atomic E-state index is 6.35. The summed E-state index contributed by atoms with van der Waals surface area (Å²) in [5.41, 5.74) is 14.5. The zero-order chi connectivity index (χ0) is 14.7. The van der Waals surface area contributed by atoms with Gasteiger partial charge in [-0.2, -0.15) is 0 Å². The van der Waals surface area contributed by atoms with Crippen LogP contribution >= 0.6 is 0 Å². The molecule has 21 heavy (non-hydrogen) atoms. The molecule has 1 unspecified atom stereocenters. The average molecular weight is 278 g/mol. The molecule has 3 rings (SSSR count). The zero-order valence-electron chi connectivity index (χ0n) is 11.7. The average Bonchev–Trinajstić information content (AvgIpc) is 2.50. The zero-order valence-corrected chi connectivity index (χ0v) is 11.7. The van der Waals surface area contributed by atoms with Crippen molar-refractivity contribution in [1.82, 2.24) is 4.98 Å². The predicted octanol–water partition coefficient (Wildman–Crippen LogP) is 2.77. The summed E-state index contributed by atoms with van der Waals surface area (Å²) < 4.78 is 0. The van der Waals surface area contributed by atoms with Gasteiger partial charge in [0.15, 0.2) is 0 Å². The number of rotatable bonds is 3. The Bertz CT molecular complexity index is 674. The summed E-state index contributed by atoms with van der Waals surface area (Å²) in [6.07, 6.45) is 8.58. The van der Waals surface area contributed by atoms with E-state index in [1.54, 1.807) is 6.20 Å². The second-order valence-electron chi connectivity index (χ2n) is 5.20. The third-order valence-corrected chi connectivity index (χ3v) is 3.49. The molecule has 0 spiro atoms. The molecular weight excluding hydrogens is 260 g/mol. The van der Waals surface area contributed by atoms with Gasteiger partial charge in [0, 0.05) is 18.3 Å². The Labute approximate surface area is 124 Å². The first-order valence-electron chi connectivity index (χ1n) is 6.88. The van der Waals surface area contributed by atoms with Crippen LogP contribution in [0.3, 0.4) is 0 Å². The van der Waals surface area contributed by atoms with Gasteiger partial charge in [-0.15, -0.1) is 0 Å². The fraction of sp³-hybridized carbons (Fsp3) is 0.118. The molecule has 1 aromatic carbocycles. The fourth-order valence-corrected chi connectivity index (χ4v) is 2.31. The number of anilines is 2. The van der Waals surface area contributed by atoms with Crippen molar-refractivity contribution < 1.29 is 0 Å². The minimum Gasteiger partial charge on any atom is -0.399 e. The largest absolute Gasteiger partial charge is 0.399 e. The van der Waals surface area contributed by atoms with Gasteiger partial charge in [-0.3, -0.25) is 0 Å². The number of benzene rings is 1. The van der Waals surface area contributed by atoms with E-state index < -0.39 is 5.66 Å². The molecule has 106 valence electrons. The maximum absolute atomic E-state index is 6.35. The van der Waals surface area contributed by atoms with Crippen LogP contribution in [0.5, 0.6) is 0 Å². The molecule has 4 nitrogen and oxygen atoms in total. The molecule has 0 fully saturated rings. The molecule has 0 aliphatic heterocycles. The minimum atomic E-state index is -0.605. The van der Waals surface area contributed by atoms with Crippen LogP contribution < -0.4 is 16.8 Å². The van der Waals surface area contributed by atoms with Crippen LogP contribution in [-0.4, -0.2) is 10.6 Å². The van der Waals surface area contributed by atoms with Crippen LogP contribution in [0.4, 0.5) is 11.5 Å². The Morgan fingerprint density at radius 3 is 2.52 bits per heavy atom. The van der Waals surface area contributed by atoms with Gasteiger partial charge in [-0.1, -0.05) is 30.4 Å². The van der Waals surface area contributed by atoms with E-state index in [-0.39, 0.29) is 0 Å². The molecule has 1 aliphatic rings. The van der Waals surface area contributed by atoms with Gasteiger partial charge in [0.05, 0.1) is 0 Å². The molecule has 5 N–H and O–H groups in total. The van der Waals surface area contributed by atoms with Gasteiger partial charge in [0.1, 0.15) is 11.5 Å². The van der Waals surface area contributed by atoms with E-state index in [1.165, 1.54) is 0 Å². The second-order valence-corrected chi connectivity index (χ2v) is 5.20. The van der Waals surface area contributed by atoms with Crippen LogP contribution in [-0.2, 0) is 0 Å². The summed E-state index contributed by atoms with van der Waals surface area (Å²) >= 11 is 0. The summed E-state index contributed by atoms with van der Waals surface area (Å²) in [6, 6.07) is 13.6. The number of nitrogens with one attached hydrogen (secondary N) is 1. The summed E-state index contributed by atoms with van der Waals surface area (Å²) in [5, 5.41) is 3.25. The normalized spacial score (nSPS) is 20.9. The highest BCUT2D eigenvalue weighted by atomic mass is 15.1. The van der Waals surface area contributed by atoms with Gasteiger partial charge in [0.25, 0.3) is 0 Å². The van der Waals surface area contributed by atoms with Gasteiger partial charge < -0.3 is 16.8 Å². The van der Waals surface area contributed by atoms with E-state index in [1.807, 2.05) is 54.6 Å². The number of nitrogens with zero attached hydrogens (tertiary/aromatic N) is 1. The van der Waals surface area contributed by atoms with E-state index >= 15 is 0 Å². The summed E-state index contributed by atoms with van der Waals surface area (Å²) in [5.74, 6) is 0.772. The lowest BCUT2D eigenvalue weighted by Gasteiger charge is -2.29. The highest BCUT2D eigenvalue weighted by molar-refractivity contribution is 5.76. The van der Waals surface area contributed by atoms with E-state index in [0.717, 1.165) is 22.6 Å². The smallest absolute Gasteiger partial charge is 0.127 e. The van der Waals surface area contributed by atoms with Crippen molar-refractivity contribution in [1.29, 1.82) is 0 Å². The van der Waals surface area contributed by atoms with Crippen LogP contribution in [0.1, 0.15) is 12.0 Å². The predicted molar refractivity (Wildman–Crippen MR) is 87.4 cm³/mol. The highest BCUT2D eigenvalue weighted by Crippen LogP contribution is 2.26. The number of hydrogen-bond donors (Lipinski definition) is 3. The van der Waals surface area contributed by atoms with E-state index in [9.17, 15) is 0 Å². The quantitative estimate of drug-likeness (QED) is 0.596. The number of hydrogen-bond acceptors (Lipinski definition) is 4. The first-order valence-corrected chi connectivity index (χ1v) is 6.88. The van der Waals surface area contributed by atoms with Crippen molar-refractivity contribution in [2.45, 2.75) is 12.1 Å². The number of nitrogens with two attached hydrogens (primary N) is 2. The third kappa shape index (κ3) is 3.12. The lowest BCUT2D eigenvalue weighted by molar-refractivity contribution is 0.605. The fourth-order valence-electron chi connectivity index (χ4n) is 2.31. The maximum Gasteiger partial charge on any atom is 0.127 e. The van der Waals surface area contributed by atoms with Gasteiger partial charge in [0.2, 0.25) is 0 Å². The Hall–Kier alpha value is -2.59. The molecule has 4 heteroatoms. The van der Waals surface area contributed by atoms with Crippen LogP contribution in [0, 0.1) is 0 Å². The van der Waals surface area contributed by atoms with E-state index in [4.69, 9.17) is 11.5 Å². The SMILES string of the molecule is Nc1ccc(C2=CCC(N)(Nc3ccccn3)C=C2)cc1. The van der Waals surface area contributed by atoms with Crippen molar-refractivity contribution in [2.75, 3.05) is 11.1 Å². The molecule has 1 aromatic heterocycles. The summed E-state index contributed by atoms with van der Waals surface area (Å²) in [6.45, 7) is 0. The molecule has 0 radical (unpaired) electrons. The van der Waals surface area contributed by atoms with Gasteiger partial charge >= 0.3 is 0 Å². The number of nitrogen functional groups attached to an aromatic ring is 1. The Morgan fingerprint density at radius 2 is 1.90 bits per heavy atom. The van der Waals surface area contributed by atoms with Crippen molar-refractivity contribution in [3.8, 4) is 0 Å². The molecule has 0 saturated heterocycles. The number of aromatic nitrogens is 1. The van der Waals surface area contributed by atoms with Crippen LogP contribution in [0.2, 0.25) is 0 Å². The van der Waals surface area contributed by atoms with E-state index in [0.29, 0.717) is 6.42 Å². The monoisotopic (exact) mass is 278 g/mol. The van der Waals surface area contributed by atoms with Crippen molar-refractivity contribution in [3.63, 3.8) is 0 Å². The third-order valence-electron chi connectivity index (χ3n) is 3.49. The van der Waals surface area contributed by atoms with Gasteiger partial charge in [-0.05, 0) is 41.5 Å². The molecular formula is C17H18N4. The molecule has 0 amide bonds. The van der Waals surface area contributed by atoms with Crippen molar-refractivity contribution in [2.24, 2.45) is 5.73 Å². The molecule has 0 saturated carbocycles. The topological polar surface area (TPSA) is 77.0 Å². The first-order chi connectivity index (χ1) is 10.1. The molecule has 1 atom stereocenters. The molecule has 1 heterocycles. The summed E-state index contributed by atoms with van der Waals surface area (Å²) in [4.78, 5) is 4.25. The molecule has 0 bridgehead atoms. The summed E-state index contributed by atoms with van der Waals surface area (Å²) in [7, 11) is 0. The van der Waals surface area contributed by atoms with Crippen LogP contribution in [0.25, 0.3) is 5.57 Å². The Morgan fingerprint density at radius 1 is 1.10 bits per heavy atom. The van der Waals surface area contributed by atoms with Gasteiger partial charge in [-0.25, -0.2) is 4.98 Å². The van der Waals surface area contributed by atoms with E-state index in [2.05, 4.69) is 16.4 Å². The van der Waals surface area contributed by atoms with Crippen molar-refractivity contribution >= 4 is 17.1 Å². The highest BCUT2D eigenvalue weighted by Gasteiger charge is 2.23. The standard InChI is InChI=1S/C17H18N4/c18-15-6-4-13(5-7-15)14-8-10-17(19,11-9-14)21-16-3-1-2-12-20-16/h1-10,12H,11,18-19H2,(H,20,21). The second kappa shape index (κ2) is 5.42.